The van der Waals surface area contributed by atoms with Crippen LogP contribution in [0.2, 0.25) is 0 Å². The van der Waals surface area contributed by atoms with Crippen molar-refractivity contribution in [1.29, 1.82) is 0 Å². The second-order valence-corrected chi connectivity index (χ2v) is 15.0. The quantitative estimate of drug-likeness (QED) is 0.172. The molecule has 3 aliphatic rings. The summed E-state index contributed by atoms with van der Waals surface area (Å²) < 4.78 is 0. The molecule has 2 nitrogen and oxygen atoms in total. The van der Waals surface area contributed by atoms with Crippen LogP contribution in [0.1, 0.15) is 49.8 Å². The van der Waals surface area contributed by atoms with E-state index in [0.717, 1.165) is 24.3 Å². The Morgan fingerprint density at radius 3 is 2.09 bits per heavy atom. The van der Waals surface area contributed by atoms with Crippen molar-refractivity contribution < 1.29 is 0 Å². The van der Waals surface area contributed by atoms with E-state index in [1.165, 1.54) is 67.2 Å². The third kappa shape index (κ3) is 5.95. The zero-order valence-electron chi connectivity index (χ0n) is 30.7. The summed E-state index contributed by atoms with van der Waals surface area (Å²) in [4.78, 5) is 4.91. The first-order valence-electron chi connectivity index (χ1n) is 18.8. The number of hydrogen-bond donors (Lipinski definition) is 0. The molecule has 0 saturated heterocycles. The SMILES string of the molecule is C/C1=C\C=C/CN(c2ccc(-c3cccc(-c4ccccc4)c3)cc2)c2cc(N(C3=CCC4C(=C3)C(C)(C)c3ccccc34)c3ccccc3)ccc21. The number of para-hydroxylation sites is 1. The maximum Gasteiger partial charge on any atom is 0.0511 e. The molecule has 0 fully saturated rings. The van der Waals surface area contributed by atoms with Gasteiger partial charge in [-0.3, -0.25) is 0 Å². The Morgan fingerprint density at radius 1 is 0.642 bits per heavy atom. The van der Waals surface area contributed by atoms with Gasteiger partial charge in [-0.25, -0.2) is 0 Å². The molecule has 1 unspecified atom stereocenters. The molecular formula is C51H44N2. The molecule has 0 radical (unpaired) electrons. The van der Waals surface area contributed by atoms with Crippen LogP contribution < -0.4 is 9.80 Å². The third-order valence-corrected chi connectivity index (χ3v) is 11.5. The molecule has 0 N–H and O–H groups in total. The first-order valence-corrected chi connectivity index (χ1v) is 18.8. The van der Waals surface area contributed by atoms with Crippen molar-refractivity contribution in [2.75, 3.05) is 16.3 Å². The van der Waals surface area contributed by atoms with Gasteiger partial charge in [-0.2, -0.15) is 0 Å². The second kappa shape index (κ2) is 13.5. The summed E-state index contributed by atoms with van der Waals surface area (Å²) in [6.45, 7) is 7.78. The monoisotopic (exact) mass is 684 g/mol. The minimum atomic E-state index is -0.0186. The minimum Gasteiger partial charge on any atom is -0.337 e. The van der Waals surface area contributed by atoms with Gasteiger partial charge in [0.15, 0.2) is 0 Å². The normalized spacial score (nSPS) is 18.6. The summed E-state index contributed by atoms with van der Waals surface area (Å²) in [5.74, 6) is 0.428. The van der Waals surface area contributed by atoms with Crippen LogP contribution in [0.5, 0.6) is 0 Å². The van der Waals surface area contributed by atoms with Crippen LogP contribution in [0.3, 0.4) is 0 Å². The smallest absolute Gasteiger partial charge is 0.0511 e. The van der Waals surface area contributed by atoms with Crippen molar-refractivity contribution >= 4 is 28.3 Å². The zero-order chi connectivity index (χ0) is 35.9. The van der Waals surface area contributed by atoms with E-state index in [1.54, 1.807) is 0 Å². The Hall–Kier alpha value is -6.12. The highest BCUT2D eigenvalue weighted by Gasteiger charge is 2.42. The predicted octanol–water partition coefficient (Wildman–Crippen LogP) is 13.6. The minimum absolute atomic E-state index is 0.0186. The maximum atomic E-state index is 2.48. The topological polar surface area (TPSA) is 6.48 Å². The number of nitrogens with zero attached hydrogens (tertiary/aromatic N) is 2. The van der Waals surface area contributed by atoms with Crippen molar-refractivity contribution in [2.45, 2.75) is 38.5 Å². The van der Waals surface area contributed by atoms with Gasteiger partial charge in [-0.15, -0.1) is 0 Å². The van der Waals surface area contributed by atoms with Gasteiger partial charge >= 0.3 is 0 Å². The van der Waals surface area contributed by atoms with Crippen LogP contribution in [0.25, 0.3) is 27.8 Å². The van der Waals surface area contributed by atoms with Crippen molar-refractivity contribution in [3.05, 3.63) is 210 Å². The number of allylic oxidation sites excluding steroid dienone is 6. The standard InChI is InChI=1S/C51H44N2/c1-36-15-12-13-32-52(41-26-24-38(25-27-41)40-19-14-18-39(33-40)37-16-6-4-7-17-37)50-35-44(28-30-45(36)50)53(42-20-8-5-9-21-42)43-29-31-47-46-22-10-11-23-48(46)51(2,3)49(47)34-43/h4-30,33-35,47H,31-32H2,1-3H3/b13-12-,36-15+. The van der Waals surface area contributed by atoms with Crippen LogP contribution in [0.4, 0.5) is 22.7 Å². The van der Waals surface area contributed by atoms with Crippen molar-refractivity contribution in [3.63, 3.8) is 0 Å². The van der Waals surface area contributed by atoms with E-state index in [0.29, 0.717) is 5.92 Å². The highest BCUT2D eigenvalue weighted by molar-refractivity contribution is 5.86. The first-order chi connectivity index (χ1) is 26.0. The van der Waals surface area contributed by atoms with Gasteiger partial charge in [0.25, 0.3) is 0 Å². The summed E-state index contributed by atoms with van der Waals surface area (Å²) in [5, 5.41) is 0. The molecule has 0 bridgehead atoms. The van der Waals surface area contributed by atoms with Gasteiger partial charge < -0.3 is 9.80 Å². The maximum absolute atomic E-state index is 2.48. The van der Waals surface area contributed by atoms with Gasteiger partial charge in [0.05, 0.1) is 5.69 Å². The van der Waals surface area contributed by atoms with Gasteiger partial charge in [0.2, 0.25) is 0 Å². The van der Waals surface area contributed by atoms with E-state index in [9.17, 15) is 0 Å². The number of hydrogen-bond acceptors (Lipinski definition) is 2. The zero-order valence-corrected chi connectivity index (χ0v) is 30.7. The predicted molar refractivity (Wildman–Crippen MR) is 225 cm³/mol. The summed E-state index contributed by atoms with van der Waals surface area (Å²) in [6.07, 6.45) is 12.6. The Morgan fingerprint density at radius 2 is 1.32 bits per heavy atom. The van der Waals surface area contributed by atoms with Crippen molar-refractivity contribution in [1.82, 2.24) is 0 Å². The molecule has 1 heterocycles. The Bertz CT molecular complexity index is 2430. The average molecular weight is 685 g/mol. The molecule has 0 amide bonds. The van der Waals surface area contributed by atoms with E-state index in [2.05, 4.69) is 213 Å². The van der Waals surface area contributed by atoms with Crippen LogP contribution >= 0.6 is 0 Å². The molecule has 6 aromatic carbocycles. The lowest BCUT2D eigenvalue weighted by atomic mass is 9.78. The number of rotatable bonds is 6. The highest BCUT2D eigenvalue weighted by atomic mass is 15.2. The summed E-state index contributed by atoms with van der Waals surface area (Å²) in [7, 11) is 0. The Balaban J connectivity index is 1.11. The number of benzene rings is 6. The van der Waals surface area contributed by atoms with Gasteiger partial charge in [-0.1, -0.05) is 153 Å². The lowest BCUT2D eigenvalue weighted by molar-refractivity contribution is 0.609. The lowest BCUT2D eigenvalue weighted by Gasteiger charge is -2.34. The van der Waals surface area contributed by atoms with Crippen LogP contribution in [-0.4, -0.2) is 6.54 Å². The molecule has 53 heavy (non-hydrogen) atoms. The van der Waals surface area contributed by atoms with Crippen molar-refractivity contribution in [3.8, 4) is 22.3 Å². The molecule has 6 aromatic rings. The molecule has 2 heteroatoms. The molecule has 9 rings (SSSR count). The van der Waals surface area contributed by atoms with Crippen LogP contribution in [0.15, 0.2) is 193 Å². The number of fused-ring (bicyclic) bond motifs is 4. The molecule has 1 aliphatic heterocycles. The average Bonchev–Trinajstić information content (AvgIpc) is 3.43. The second-order valence-electron chi connectivity index (χ2n) is 15.0. The van der Waals surface area contributed by atoms with E-state index in [4.69, 9.17) is 0 Å². The number of anilines is 4. The van der Waals surface area contributed by atoms with E-state index >= 15 is 0 Å². The Labute approximate surface area is 314 Å². The van der Waals surface area contributed by atoms with E-state index in [-0.39, 0.29) is 5.41 Å². The van der Waals surface area contributed by atoms with Crippen LogP contribution in [0, 0.1) is 0 Å². The Kier molecular flexibility index (Phi) is 8.32. The van der Waals surface area contributed by atoms with Crippen LogP contribution in [-0.2, 0) is 5.41 Å². The first kappa shape index (κ1) is 32.8. The summed E-state index contributed by atoms with van der Waals surface area (Å²) in [5.41, 5.74) is 17.7. The molecule has 0 aromatic heterocycles. The fourth-order valence-corrected chi connectivity index (χ4v) is 8.67. The molecular weight excluding hydrogens is 641 g/mol. The third-order valence-electron chi connectivity index (χ3n) is 11.5. The fraction of sp³-hybridized carbons (Fsp3) is 0.137. The van der Waals surface area contributed by atoms with Crippen molar-refractivity contribution in [2.24, 2.45) is 0 Å². The highest BCUT2D eigenvalue weighted by Crippen LogP contribution is 2.54. The molecule has 0 saturated carbocycles. The van der Waals surface area contributed by atoms with Gasteiger partial charge in [-0.05, 0) is 101 Å². The van der Waals surface area contributed by atoms with E-state index < -0.39 is 0 Å². The molecule has 258 valence electrons. The van der Waals surface area contributed by atoms with Gasteiger partial charge in [0.1, 0.15) is 0 Å². The largest absolute Gasteiger partial charge is 0.337 e. The molecule has 2 aliphatic carbocycles. The van der Waals surface area contributed by atoms with E-state index in [1.807, 2.05) is 0 Å². The molecule has 0 spiro atoms. The fourth-order valence-electron chi connectivity index (χ4n) is 8.67. The summed E-state index contributed by atoms with van der Waals surface area (Å²) >= 11 is 0. The van der Waals surface area contributed by atoms with Gasteiger partial charge in [0, 0.05) is 46.2 Å². The summed E-state index contributed by atoms with van der Waals surface area (Å²) in [6, 6.07) is 55.4. The molecule has 1 atom stereocenters. The lowest BCUT2D eigenvalue weighted by Crippen LogP contribution is -2.23.